The summed E-state index contributed by atoms with van der Waals surface area (Å²) < 4.78 is 60.3. The number of carbonyl (C=O) groups is 3. The van der Waals surface area contributed by atoms with Crippen molar-refractivity contribution in [2.75, 3.05) is 75.7 Å². The highest BCUT2D eigenvalue weighted by atomic mass is 19.4. The van der Waals surface area contributed by atoms with Gasteiger partial charge in [0.05, 0.1) is 11.2 Å². The number of anilines is 2. The fourth-order valence-electron chi connectivity index (χ4n) is 9.43. The number of rotatable bonds is 14. The first-order chi connectivity index (χ1) is 30.3. The van der Waals surface area contributed by atoms with Crippen LogP contribution in [0.5, 0.6) is 5.75 Å². The molecule has 5 heterocycles. The number of hydrogen-bond acceptors (Lipinski definition) is 10. The molecule has 63 heavy (non-hydrogen) atoms. The van der Waals surface area contributed by atoms with Crippen molar-refractivity contribution < 1.29 is 36.7 Å². The maximum Gasteiger partial charge on any atom is 0.573 e. The molecule has 0 spiro atoms. The molecular formula is C46H57F4N9O4. The van der Waals surface area contributed by atoms with Crippen LogP contribution in [0.4, 0.5) is 28.9 Å². The molecule has 0 aliphatic carbocycles. The third-order valence-corrected chi connectivity index (χ3v) is 13.0. The summed E-state index contributed by atoms with van der Waals surface area (Å²) >= 11 is 0. The van der Waals surface area contributed by atoms with Crippen molar-refractivity contribution in [2.24, 2.45) is 11.7 Å². The summed E-state index contributed by atoms with van der Waals surface area (Å²) in [5, 5.41) is 12.6. The van der Waals surface area contributed by atoms with E-state index in [1.165, 1.54) is 18.2 Å². The Balaban J connectivity index is 0.844. The topological polar surface area (TPSA) is 149 Å². The molecule has 4 aromatic rings. The zero-order valence-corrected chi connectivity index (χ0v) is 35.5. The number of halogens is 4. The van der Waals surface area contributed by atoms with E-state index in [-0.39, 0.29) is 29.8 Å². The monoisotopic (exact) mass is 875 g/mol. The Kier molecular flexibility index (Phi) is 13.6. The average Bonchev–Trinajstić information content (AvgIpc) is 3.62. The molecule has 4 aliphatic rings. The van der Waals surface area contributed by atoms with Gasteiger partial charge in [-0.3, -0.25) is 29.5 Å². The number of piperazine rings is 1. The summed E-state index contributed by atoms with van der Waals surface area (Å²) in [5.74, 6) is -0.861. The molecule has 1 atom stereocenters. The van der Waals surface area contributed by atoms with Gasteiger partial charge in [-0.15, -0.1) is 13.2 Å². The minimum atomic E-state index is -4.77. The summed E-state index contributed by atoms with van der Waals surface area (Å²) in [7, 11) is 0. The lowest BCUT2D eigenvalue weighted by atomic mass is 9.88. The zero-order valence-electron chi connectivity index (χ0n) is 35.5. The normalized spacial score (nSPS) is 20.5. The van der Waals surface area contributed by atoms with Crippen LogP contribution in [0.2, 0.25) is 0 Å². The summed E-state index contributed by atoms with van der Waals surface area (Å²) in [5.41, 5.74) is 10.4. The number of nitrogens with zero attached hydrogens (tertiary/aromatic N) is 4. The second-order valence-electron chi connectivity index (χ2n) is 17.5. The lowest BCUT2D eigenvalue weighted by Gasteiger charge is -2.39. The summed E-state index contributed by atoms with van der Waals surface area (Å²) in [4.78, 5) is 43.5. The number of carbonyl (C=O) groups excluding carboxylic acids is 3. The molecule has 338 valence electrons. The van der Waals surface area contributed by atoms with Crippen LogP contribution in [0.25, 0.3) is 22.0 Å². The lowest BCUT2D eigenvalue weighted by molar-refractivity contribution is -0.274. The van der Waals surface area contributed by atoms with Crippen LogP contribution < -0.4 is 36.6 Å². The van der Waals surface area contributed by atoms with E-state index in [0.29, 0.717) is 69.2 Å². The Morgan fingerprint density at radius 3 is 2.35 bits per heavy atom. The Hall–Kier alpha value is -5.23. The van der Waals surface area contributed by atoms with E-state index in [9.17, 15) is 27.6 Å². The van der Waals surface area contributed by atoms with Gasteiger partial charge in [-0.25, -0.2) is 4.39 Å². The van der Waals surface area contributed by atoms with E-state index in [2.05, 4.69) is 63.5 Å². The van der Waals surface area contributed by atoms with Crippen LogP contribution in [-0.4, -0.2) is 115 Å². The van der Waals surface area contributed by atoms with E-state index < -0.39 is 23.9 Å². The van der Waals surface area contributed by atoms with Crippen molar-refractivity contribution in [1.82, 2.24) is 30.3 Å². The van der Waals surface area contributed by atoms with Crippen LogP contribution in [-0.2, 0) is 27.5 Å². The van der Waals surface area contributed by atoms with Gasteiger partial charge in [-0.05, 0) is 124 Å². The molecule has 0 bridgehead atoms. The first kappa shape index (κ1) is 44.4. The largest absolute Gasteiger partial charge is 0.573 e. The van der Waals surface area contributed by atoms with Gasteiger partial charge >= 0.3 is 6.36 Å². The molecule has 4 fully saturated rings. The molecule has 1 unspecified atom stereocenters. The van der Waals surface area contributed by atoms with Gasteiger partial charge in [0.25, 0.3) is 0 Å². The number of alkyl halides is 3. The van der Waals surface area contributed by atoms with Crippen molar-refractivity contribution in [3.05, 3.63) is 78.2 Å². The third-order valence-electron chi connectivity index (χ3n) is 13.0. The van der Waals surface area contributed by atoms with Gasteiger partial charge in [0.15, 0.2) is 0 Å². The standard InChI is InChI=1S/C46H57F4N9O4/c47-38-27-34(54-39-8-11-42(60)55-43(39)61)5-10-41(38)58-24-22-57(23-25-58)28-31-12-20-56(21-13-31)29-32-2-9-40-36(26-32)37(33-3-6-35(7-4-33)63-46(48,49)50)30-59(40)19-1-16-53-44(62)45(51)14-17-52-18-15-45/h2-7,9-10,26-27,30-31,39,52,54H,1,8,11-25,28-29,51H2,(H,53,62)(H,55,60,61). The number of nitrogens with one attached hydrogen (secondary N) is 4. The molecule has 13 nitrogen and oxygen atoms in total. The Morgan fingerprint density at radius 1 is 0.905 bits per heavy atom. The molecule has 8 rings (SSSR count). The molecule has 4 aliphatic heterocycles. The Bertz CT molecular complexity index is 2250. The number of likely N-dealkylation sites (tertiary alicyclic amines) is 1. The molecule has 0 saturated carbocycles. The number of fused-ring (bicyclic) bond motifs is 1. The minimum absolute atomic E-state index is 0.128. The van der Waals surface area contributed by atoms with E-state index in [4.69, 9.17) is 5.73 Å². The number of nitrogens with two attached hydrogens (primary N) is 1. The van der Waals surface area contributed by atoms with Gasteiger partial charge in [0.2, 0.25) is 17.7 Å². The summed E-state index contributed by atoms with van der Waals surface area (Å²) in [6.45, 7) is 9.36. The van der Waals surface area contributed by atoms with Crippen LogP contribution >= 0.6 is 0 Å². The minimum Gasteiger partial charge on any atom is -0.406 e. The quantitative estimate of drug-likeness (QED) is 0.0652. The first-order valence-electron chi connectivity index (χ1n) is 22.1. The van der Waals surface area contributed by atoms with Crippen molar-refractivity contribution in [1.29, 1.82) is 0 Å². The van der Waals surface area contributed by atoms with E-state index in [0.717, 1.165) is 92.8 Å². The third kappa shape index (κ3) is 11.1. The molecule has 3 amide bonds. The SMILES string of the molecule is NC1(C(=O)NCCCn2cc(-c3ccc(OC(F)(F)F)cc3)c3cc(CN4CCC(CN5CCN(c6ccc(NC7CCC(=O)NC7=O)cc6F)CC5)CC4)ccc32)CCNCC1. The molecule has 4 saturated heterocycles. The second kappa shape index (κ2) is 19.3. The van der Waals surface area contributed by atoms with Crippen molar-refractivity contribution in [3.63, 3.8) is 0 Å². The van der Waals surface area contributed by atoms with Gasteiger partial charge in [-0.1, -0.05) is 18.2 Å². The molecular weight excluding hydrogens is 819 g/mol. The maximum atomic E-state index is 15.3. The number of benzene rings is 3. The van der Waals surface area contributed by atoms with Gasteiger partial charge < -0.3 is 35.9 Å². The number of piperidine rings is 3. The number of imide groups is 1. The zero-order chi connectivity index (χ0) is 44.1. The van der Waals surface area contributed by atoms with E-state index in [1.54, 1.807) is 24.3 Å². The Labute approximate surface area is 364 Å². The van der Waals surface area contributed by atoms with Crippen molar-refractivity contribution >= 4 is 40.0 Å². The van der Waals surface area contributed by atoms with Crippen LogP contribution in [0.1, 0.15) is 50.5 Å². The highest BCUT2D eigenvalue weighted by Crippen LogP contribution is 2.35. The first-order valence-corrected chi connectivity index (χ1v) is 22.1. The van der Waals surface area contributed by atoms with Crippen LogP contribution in [0, 0.1) is 11.7 Å². The van der Waals surface area contributed by atoms with Crippen molar-refractivity contribution in [3.8, 4) is 16.9 Å². The molecule has 6 N–H and O–H groups in total. The fraction of sp³-hybridized carbons (Fsp3) is 0.500. The predicted molar refractivity (Wildman–Crippen MR) is 234 cm³/mol. The summed E-state index contributed by atoms with van der Waals surface area (Å²) in [6, 6.07) is 16.8. The highest BCUT2D eigenvalue weighted by molar-refractivity contribution is 6.01. The molecule has 3 aromatic carbocycles. The smallest absolute Gasteiger partial charge is 0.406 e. The fourth-order valence-corrected chi connectivity index (χ4v) is 9.43. The Morgan fingerprint density at radius 2 is 1.65 bits per heavy atom. The number of hydrogen-bond donors (Lipinski definition) is 5. The number of ether oxygens (including phenoxy) is 1. The number of amides is 3. The van der Waals surface area contributed by atoms with Gasteiger partial charge in [0.1, 0.15) is 17.6 Å². The van der Waals surface area contributed by atoms with Gasteiger partial charge in [0, 0.05) is 87.1 Å². The van der Waals surface area contributed by atoms with E-state index >= 15 is 4.39 Å². The number of aryl methyl sites for hydroxylation is 1. The highest BCUT2D eigenvalue weighted by Gasteiger charge is 2.35. The molecule has 0 radical (unpaired) electrons. The molecule has 17 heteroatoms. The van der Waals surface area contributed by atoms with Crippen molar-refractivity contribution in [2.45, 2.75) is 76.0 Å². The summed E-state index contributed by atoms with van der Waals surface area (Å²) in [6.07, 6.45) is 1.89. The van der Waals surface area contributed by atoms with Crippen LogP contribution in [0.15, 0.2) is 66.9 Å². The van der Waals surface area contributed by atoms with Gasteiger partial charge in [-0.2, -0.15) is 0 Å². The van der Waals surface area contributed by atoms with Crippen LogP contribution in [0.3, 0.4) is 0 Å². The molecule has 1 aromatic heterocycles. The van der Waals surface area contributed by atoms with E-state index in [1.807, 2.05) is 6.20 Å². The average molecular weight is 876 g/mol. The number of aromatic nitrogens is 1. The predicted octanol–water partition coefficient (Wildman–Crippen LogP) is 5.18. The lowest BCUT2D eigenvalue weighted by Crippen LogP contribution is -2.59. The maximum absolute atomic E-state index is 15.3. The second-order valence-corrected chi connectivity index (χ2v) is 17.5.